The Hall–Kier alpha value is -2.42. The summed E-state index contributed by atoms with van der Waals surface area (Å²) in [5, 5.41) is 2.30. The topological polar surface area (TPSA) is 45.8 Å². The van der Waals surface area contributed by atoms with E-state index in [2.05, 4.69) is 16.0 Å². The van der Waals surface area contributed by atoms with E-state index < -0.39 is 0 Å². The molecule has 1 aromatic carbocycles. The number of aromatic nitrogens is 2. The van der Waals surface area contributed by atoms with E-state index in [1.54, 1.807) is 12.3 Å². The average molecular weight is 222 g/mol. The molecule has 0 bridgehead atoms. The van der Waals surface area contributed by atoms with Crippen LogP contribution < -0.4 is 0 Å². The van der Waals surface area contributed by atoms with E-state index in [4.69, 9.17) is 0 Å². The zero-order chi connectivity index (χ0) is 11.7. The molecular weight excluding hydrogens is 212 g/mol. The van der Waals surface area contributed by atoms with Crippen LogP contribution in [0.4, 0.5) is 0 Å². The van der Waals surface area contributed by atoms with Crippen molar-refractivity contribution in [2.45, 2.75) is 0 Å². The molecule has 0 fully saturated rings. The Morgan fingerprint density at radius 2 is 2.00 bits per heavy atom. The minimum atomic E-state index is 0.751. The van der Waals surface area contributed by atoms with Gasteiger partial charge in [0.25, 0.3) is 0 Å². The molecule has 0 amide bonds. The summed E-state index contributed by atoms with van der Waals surface area (Å²) < 4.78 is 0. The van der Waals surface area contributed by atoms with Gasteiger partial charge < -0.3 is 4.98 Å². The third-order valence-electron chi connectivity index (χ3n) is 2.76. The smallest absolute Gasteiger partial charge is 0.142 e. The summed E-state index contributed by atoms with van der Waals surface area (Å²) in [6, 6.07) is 10.1. The molecule has 3 nitrogen and oxygen atoms in total. The van der Waals surface area contributed by atoms with Crippen molar-refractivity contribution in [2.75, 3.05) is 0 Å². The van der Waals surface area contributed by atoms with Gasteiger partial charge in [0, 0.05) is 16.3 Å². The number of aromatic amines is 1. The fourth-order valence-corrected chi connectivity index (χ4v) is 2.00. The lowest BCUT2D eigenvalue weighted by Crippen LogP contribution is -1.79. The number of carbonyl (C=O) groups excluding carboxylic acids is 1. The van der Waals surface area contributed by atoms with Crippen molar-refractivity contribution >= 4 is 34.2 Å². The molecule has 2 aromatic heterocycles. The van der Waals surface area contributed by atoms with Gasteiger partial charge in [0.05, 0.1) is 17.4 Å². The molecule has 1 N–H and O–H groups in total. The number of fused-ring (bicyclic) bond motifs is 3. The van der Waals surface area contributed by atoms with E-state index in [0.29, 0.717) is 0 Å². The maximum Gasteiger partial charge on any atom is 0.142 e. The Bertz CT molecular complexity index is 725. The third kappa shape index (κ3) is 1.61. The van der Waals surface area contributed by atoms with Gasteiger partial charge in [-0.2, -0.15) is 0 Å². The first-order valence-corrected chi connectivity index (χ1v) is 5.37. The predicted molar refractivity (Wildman–Crippen MR) is 68.7 cm³/mol. The third-order valence-corrected chi connectivity index (χ3v) is 2.76. The maximum absolute atomic E-state index is 10.3. The van der Waals surface area contributed by atoms with E-state index in [-0.39, 0.29) is 0 Å². The number of nitrogens with one attached hydrogen (secondary N) is 1. The van der Waals surface area contributed by atoms with Crippen molar-refractivity contribution in [1.82, 2.24) is 9.97 Å². The van der Waals surface area contributed by atoms with Crippen LogP contribution in [0.2, 0.25) is 0 Å². The van der Waals surface area contributed by atoms with Crippen LogP contribution in [0.25, 0.3) is 27.9 Å². The Morgan fingerprint density at radius 1 is 1.12 bits per heavy atom. The molecule has 0 unspecified atom stereocenters. The summed E-state index contributed by atoms with van der Waals surface area (Å²) >= 11 is 0. The molecule has 0 spiro atoms. The van der Waals surface area contributed by atoms with Crippen LogP contribution in [-0.2, 0) is 4.79 Å². The zero-order valence-electron chi connectivity index (χ0n) is 9.05. The SMILES string of the molecule is O=CC=Cc1cc2c(cn1)[nH]c1ccccc12. The van der Waals surface area contributed by atoms with Gasteiger partial charge in [0.1, 0.15) is 6.29 Å². The van der Waals surface area contributed by atoms with Crippen molar-refractivity contribution < 1.29 is 4.79 Å². The van der Waals surface area contributed by atoms with Crippen molar-refractivity contribution in [2.24, 2.45) is 0 Å². The van der Waals surface area contributed by atoms with Crippen LogP contribution in [0.15, 0.2) is 42.6 Å². The summed E-state index contributed by atoms with van der Waals surface area (Å²) in [5.74, 6) is 0. The molecule has 0 aliphatic carbocycles. The summed E-state index contributed by atoms with van der Waals surface area (Å²) in [6.45, 7) is 0. The van der Waals surface area contributed by atoms with Crippen molar-refractivity contribution in [3.8, 4) is 0 Å². The van der Waals surface area contributed by atoms with Crippen molar-refractivity contribution in [3.05, 3.63) is 48.3 Å². The van der Waals surface area contributed by atoms with Gasteiger partial charge in [-0.15, -0.1) is 0 Å². The first kappa shape index (κ1) is 9.78. The molecule has 17 heavy (non-hydrogen) atoms. The molecule has 82 valence electrons. The maximum atomic E-state index is 10.3. The van der Waals surface area contributed by atoms with E-state index in [1.807, 2.05) is 24.3 Å². The van der Waals surface area contributed by atoms with Gasteiger partial charge >= 0.3 is 0 Å². The zero-order valence-corrected chi connectivity index (χ0v) is 9.05. The molecule has 0 atom stereocenters. The molecule has 0 aliphatic heterocycles. The quantitative estimate of drug-likeness (QED) is 0.535. The van der Waals surface area contributed by atoms with Crippen molar-refractivity contribution in [1.29, 1.82) is 0 Å². The van der Waals surface area contributed by atoms with Crippen LogP contribution >= 0.6 is 0 Å². The predicted octanol–water partition coefficient (Wildman–Crippen LogP) is 2.93. The van der Waals surface area contributed by atoms with Crippen molar-refractivity contribution in [3.63, 3.8) is 0 Å². The number of para-hydroxylation sites is 1. The minimum absolute atomic E-state index is 0.751. The number of allylic oxidation sites excluding steroid dienone is 1. The largest absolute Gasteiger partial charge is 0.353 e. The fraction of sp³-hybridized carbons (Fsp3) is 0. The highest BCUT2D eigenvalue weighted by Crippen LogP contribution is 2.25. The van der Waals surface area contributed by atoms with E-state index >= 15 is 0 Å². The number of benzene rings is 1. The minimum Gasteiger partial charge on any atom is -0.353 e. The second kappa shape index (κ2) is 3.87. The molecule has 3 rings (SSSR count). The molecule has 0 aliphatic rings. The number of rotatable bonds is 2. The molecule has 2 heterocycles. The Labute approximate surface area is 97.8 Å². The first-order chi connectivity index (χ1) is 8.38. The standard InChI is InChI=1S/C14H10N2O/c17-7-3-4-10-8-12-11-5-1-2-6-13(11)16-14(12)9-15-10/h1-9,16H. The number of aldehydes is 1. The number of nitrogens with zero attached hydrogens (tertiary/aromatic N) is 1. The Morgan fingerprint density at radius 3 is 2.88 bits per heavy atom. The van der Waals surface area contributed by atoms with Gasteiger partial charge in [-0.25, -0.2) is 0 Å². The molecule has 3 heteroatoms. The highest BCUT2D eigenvalue weighted by molar-refractivity contribution is 6.07. The number of pyridine rings is 1. The van der Waals surface area contributed by atoms with Crippen LogP contribution in [0.1, 0.15) is 5.69 Å². The summed E-state index contributed by atoms with van der Waals surface area (Å²) in [4.78, 5) is 17.9. The summed E-state index contributed by atoms with van der Waals surface area (Å²) in [5.41, 5.74) is 2.89. The van der Waals surface area contributed by atoms with Gasteiger partial charge in [0.2, 0.25) is 0 Å². The average Bonchev–Trinajstić information content (AvgIpc) is 2.74. The second-order valence-electron chi connectivity index (χ2n) is 3.82. The number of hydrogen-bond donors (Lipinski definition) is 1. The van der Waals surface area contributed by atoms with Crippen LogP contribution in [-0.4, -0.2) is 16.3 Å². The lowest BCUT2D eigenvalue weighted by molar-refractivity contribution is -0.104. The molecule has 0 saturated carbocycles. The van der Waals surface area contributed by atoms with Gasteiger partial charge in [0.15, 0.2) is 0 Å². The van der Waals surface area contributed by atoms with Crippen LogP contribution in [0.5, 0.6) is 0 Å². The fourth-order valence-electron chi connectivity index (χ4n) is 2.00. The lowest BCUT2D eigenvalue weighted by atomic mass is 10.1. The Balaban J connectivity index is 2.29. The lowest BCUT2D eigenvalue weighted by Gasteiger charge is -1.93. The highest BCUT2D eigenvalue weighted by atomic mass is 16.1. The molecule has 0 radical (unpaired) electrons. The number of hydrogen-bond acceptors (Lipinski definition) is 2. The Kier molecular flexibility index (Phi) is 2.22. The molecular formula is C14H10N2O. The monoisotopic (exact) mass is 222 g/mol. The van der Waals surface area contributed by atoms with Gasteiger partial charge in [-0.1, -0.05) is 18.2 Å². The van der Waals surface area contributed by atoms with Gasteiger partial charge in [-0.05, 0) is 24.3 Å². The number of carbonyl (C=O) groups is 1. The van der Waals surface area contributed by atoms with Crippen LogP contribution in [0, 0.1) is 0 Å². The molecule has 3 aromatic rings. The van der Waals surface area contributed by atoms with E-state index in [1.165, 1.54) is 11.5 Å². The second-order valence-corrected chi connectivity index (χ2v) is 3.82. The van der Waals surface area contributed by atoms with Gasteiger partial charge in [-0.3, -0.25) is 9.78 Å². The highest BCUT2D eigenvalue weighted by Gasteiger charge is 2.03. The normalized spacial score (nSPS) is 11.5. The van der Waals surface area contributed by atoms with E-state index in [9.17, 15) is 4.79 Å². The van der Waals surface area contributed by atoms with E-state index in [0.717, 1.165) is 28.4 Å². The van der Waals surface area contributed by atoms with Crippen LogP contribution in [0.3, 0.4) is 0 Å². The first-order valence-electron chi connectivity index (χ1n) is 5.37. The number of H-pyrrole nitrogens is 1. The summed E-state index contributed by atoms with van der Waals surface area (Å²) in [6.07, 6.45) is 5.69. The molecule has 0 saturated heterocycles. The summed E-state index contributed by atoms with van der Waals surface area (Å²) in [7, 11) is 0.